The number of esters is 1. The number of carboxylic acid groups (broad SMARTS) is 1. The van der Waals surface area contributed by atoms with Gasteiger partial charge in [0.15, 0.2) is 5.41 Å². The maximum atomic E-state index is 12.3. The van der Waals surface area contributed by atoms with Crippen LogP contribution in [0, 0.1) is 25.2 Å². The van der Waals surface area contributed by atoms with E-state index in [9.17, 15) is 14.7 Å². The van der Waals surface area contributed by atoms with Crippen LogP contribution >= 0.6 is 11.3 Å². The van der Waals surface area contributed by atoms with Gasteiger partial charge in [-0.15, -0.1) is 11.3 Å². The van der Waals surface area contributed by atoms with Gasteiger partial charge in [0.05, 0.1) is 17.3 Å². The maximum Gasteiger partial charge on any atom is 0.323 e. The number of rotatable bonds is 7. The van der Waals surface area contributed by atoms with E-state index in [2.05, 4.69) is 4.98 Å². The van der Waals surface area contributed by atoms with Crippen LogP contribution in [-0.2, 0) is 20.7 Å². The molecule has 1 atom stereocenters. The highest BCUT2D eigenvalue weighted by Gasteiger charge is 2.48. The molecule has 0 saturated heterocycles. The van der Waals surface area contributed by atoms with E-state index in [0.717, 1.165) is 10.6 Å². The molecule has 0 aliphatic heterocycles. The molecule has 1 aromatic heterocycles. The van der Waals surface area contributed by atoms with Crippen LogP contribution in [0.4, 0.5) is 0 Å². The van der Waals surface area contributed by atoms with Crippen LogP contribution in [0.3, 0.4) is 0 Å². The van der Waals surface area contributed by atoms with Crippen molar-refractivity contribution in [3.8, 4) is 0 Å². The standard InChI is InChI=1S/C15H23NO4S/c1-6-20-14(19)15(13(17)18,7-9(2)3)8-12-16-10(4)11(5)21-12/h9H,6-8H2,1-5H3,(H,17,18). The number of carboxylic acids is 1. The summed E-state index contributed by atoms with van der Waals surface area (Å²) in [5.74, 6) is -1.75. The average Bonchev–Trinajstić information content (AvgIpc) is 2.66. The molecule has 0 fully saturated rings. The number of aryl methyl sites for hydroxylation is 2. The summed E-state index contributed by atoms with van der Waals surface area (Å²) in [6.07, 6.45) is 0.317. The summed E-state index contributed by atoms with van der Waals surface area (Å²) in [4.78, 5) is 29.6. The molecule has 0 aliphatic rings. The van der Waals surface area contributed by atoms with Gasteiger partial charge >= 0.3 is 11.9 Å². The Morgan fingerprint density at radius 3 is 2.38 bits per heavy atom. The van der Waals surface area contributed by atoms with Crippen molar-refractivity contribution in [2.45, 2.75) is 47.5 Å². The SMILES string of the molecule is CCOC(=O)C(Cc1nc(C)c(C)s1)(CC(C)C)C(=O)O. The molecule has 0 radical (unpaired) electrons. The van der Waals surface area contributed by atoms with Crippen molar-refractivity contribution in [1.82, 2.24) is 4.98 Å². The molecule has 1 heterocycles. The normalized spacial score (nSPS) is 14.0. The number of ether oxygens (including phenoxy) is 1. The van der Waals surface area contributed by atoms with Gasteiger partial charge < -0.3 is 9.84 Å². The second kappa shape index (κ2) is 7.02. The lowest BCUT2D eigenvalue weighted by Gasteiger charge is -2.28. The molecule has 21 heavy (non-hydrogen) atoms. The number of hydrogen-bond acceptors (Lipinski definition) is 5. The van der Waals surface area contributed by atoms with Crippen molar-refractivity contribution >= 4 is 23.3 Å². The van der Waals surface area contributed by atoms with E-state index in [-0.39, 0.29) is 25.4 Å². The first-order chi connectivity index (χ1) is 9.72. The largest absolute Gasteiger partial charge is 0.480 e. The average molecular weight is 313 g/mol. The van der Waals surface area contributed by atoms with Crippen LogP contribution in [0.2, 0.25) is 0 Å². The van der Waals surface area contributed by atoms with Crippen LogP contribution in [0.25, 0.3) is 0 Å². The lowest BCUT2D eigenvalue weighted by Crippen LogP contribution is -2.43. The number of carbonyl (C=O) groups is 2. The highest BCUT2D eigenvalue weighted by atomic mass is 32.1. The van der Waals surface area contributed by atoms with E-state index in [1.807, 2.05) is 27.7 Å². The molecule has 1 rings (SSSR count). The Labute approximate surface area is 129 Å². The molecule has 0 saturated carbocycles. The first-order valence-corrected chi connectivity index (χ1v) is 7.88. The van der Waals surface area contributed by atoms with Crippen LogP contribution in [0.15, 0.2) is 0 Å². The number of aliphatic carboxylic acids is 1. The van der Waals surface area contributed by atoms with Gasteiger partial charge in [0, 0.05) is 11.3 Å². The molecule has 5 nitrogen and oxygen atoms in total. The topological polar surface area (TPSA) is 76.5 Å². The third-order valence-electron chi connectivity index (χ3n) is 3.36. The molecule has 6 heteroatoms. The Bertz CT molecular complexity index is 504. The third kappa shape index (κ3) is 4.03. The van der Waals surface area contributed by atoms with Crippen LogP contribution in [0.1, 0.15) is 42.8 Å². The molecule has 0 aromatic carbocycles. The minimum atomic E-state index is -1.55. The molecular weight excluding hydrogens is 290 g/mol. The van der Waals surface area contributed by atoms with Gasteiger partial charge in [-0.25, -0.2) is 4.98 Å². The van der Waals surface area contributed by atoms with E-state index in [0.29, 0.717) is 5.01 Å². The predicted molar refractivity (Wildman–Crippen MR) is 81.4 cm³/mol. The van der Waals surface area contributed by atoms with Gasteiger partial charge in [-0.3, -0.25) is 9.59 Å². The fourth-order valence-electron chi connectivity index (χ4n) is 2.32. The third-order valence-corrected chi connectivity index (χ3v) is 4.43. The van der Waals surface area contributed by atoms with Crippen LogP contribution in [0.5, 0.6) is 0 Å². The number of thiazole rings is 1. The molecule has 118 valence electrons. The predicted octanol–water partition coefficient (Wildman–Crippen LogP) is 2.98. The van der Waals surface area contributed by atoms with Crippen LogP contribution < -0.4 is 0 Å². The zero-order chi connectivity index (χ0) is 16.2. The van der Waals surface area contributed by atoms with E-state index >= 15 is 0 Å². The monoisotopic (exact) mass is 313 g/mol. The van der Waals surface area contributed by atoms with Gasteiger partial charge in [0.2, 0.25) is 0 Å². The fourth-order valence-corrected chi connectivity index (χ4v) is 3.36. The zero-order valence-electron chi connectivity index (χ0n) is 13.2. The molecule has 0 amide bonds. The summed E-state index contributed by atoms with van der Waals surface area (Å²) >= 11 is 1.44. The quantitative estimate of drug-likeness (QED) is 0.618. The van der Waals surface area contributed by atoms with Crippen molar-refractivity contribution < 1.29 is 19.4 Å². The molecule has 0 aliphatic carbocycles. The highest BCUT2D eigenvalue weighted by molar-refractivity contribution is 7.11. The van der Waals surface area contributed by atoms with Crippen molar-refractivity contribution in [3.05, 3.63) is 15.6 Å². The number of aromatic nitrogens is 1. The molecule has 1 aromatic rings. The van der Waals surface area contributed by atoms with Gasteiger partial charge in [-0.2, -0.15) is 0 Å². The molecular formula is C15H23NO4S. The van der Waals surface area contributed by atoms with Gasteiger partial charge in [0.1, 0.15) is 0 Å². The molecule has 1 N–H and O–H groups in total. The van der Waals surface area contributed by atoms with E-state index < -0.39 is 17.4 Å². The van der Waals surface area contributed by atoms with Gasteiger partial charge in [-0.1, -0.05) is 13.8 Å². The lowest BCUT2D eigenvalue weighted by atomic mass is 9.77. The fraction of sp³-hybridized carbons (Fsp3) is 0.667. The van der Waals surface area contributed by atoms with E-state index in [1.165, 1.54) is 11.3 Å². The Morgan fingerprint density at radius 1 is 1.38 bits per heavy atom. The highest BCUT2D eigenvalue weighted by Crippen LogP contribution is 2.35. The second-order valence-corrected chi connectivity index (χ2v) is 6.92. The van der Waals surface area contributed by atoms with Crippen molar-refractivity contribution in [3.63, 3.8) is 0 Å². The summed E-state index contributed by atoms with van der Waals surface area (Å²) in [5, 5.41) is 10.4. The number of hydrogen-bond donors (Lipinski definition) is 1. The van der Waals surface area contributed by atoms with Crippen molar-refractivity contribution in [2.24, 2.45) is 11.3 Å². The Balaban J connectivity index is 3.20. The second-order valence-electron chi connectivity index (χ2n) is 5.63. The van der Waals surface area contributed by atoms with E-state index in [1.54, 1.807) is 6.92 Å². The minimum Gasteiger partial charge on any atom is -0.480 e. The first kappa shape index (κ1) is 17.6. The van der Waals surface area contributed by atoms with Crippen molar-refractivity contribution in [2.75, 3.05) is 6.61 Å². The summed E-state index contributed by atoms with van der Waals surface area (Å²) in [6, 6.07) is 0. The summed E-state index contributed by atoms with van der Waals surface area (Å²) in [7, 11) is 0. The van der Waals surface area contributed by atoms with Crippen LogP contribution in [-0.4, -0.2) is 28.6 Å². The summed E-state index contributed by atoms with van der Waals surface area (Å²) in [5.41, 5.74) is -0.677. The summed E-state index contributed by atoms with van der Waals surface area (Å²) in [6.45, 7) is 9.46. The Morgan fingerprint density at radius 2 is 2.00 bits per heavy atom. The van der Waals surface area contributed by atoms with E-state index in [4.69, 9.17) is 4.74 Å². The number of carbonyl (C=O) groups excluding carboxylic acids is 1. The smallest absolute Gasteiger partial charge is 0.323 e. The van der Waals surface area contributed by atoms with Gasteiger partial charge in [-0.05, 0) is 33.1 Å². The van der Waals surface area contributed by atoms with Gasteiger partial charge in [0.25, 0.3) is 0 Å². The lowest BCUT2D eigenvalue weighted by molar-refractivity contribution is -0.170. The zero-order valence-corrected chi connectivity index (χ0v) is 14.0. The minimum absolute atomic E-state index is 0.0627. The molecule has 0 bridgehead atoms. The molecule has 1 unspecified atom stereocenters. The first-order valence-electron chi connectivity index (χ1n) is 7.06. The Kier molecular flexibility index (Phi) is 5.89. The molecule has 0 spiro atoms. The summed E-state index contributed by atoms with van der Waals surface area (Å²) < 4.78 is 5.04. The Hall–Kier alpha value is -1.43. The maximum absolute atomic E-state index is 12.3. The number of nitrogens with zero attached hydrogens (tertiary/aromatic N) is 1. The van der Waals surface area contributed by atoms with Crippen molar-refractivity contribution in [1.29, 1.82) is 0 Å².